The van der Waals surface area contributed by atoms with Gasteiger partial charge in [-0.1, -0.05) is 12.1 Å². The van der Waals surface area contributed by atoms with Crippen molar-refractivity contribution in [3.8, 4) is 5.75 Å². The second-order valence-corrected chi connectivity index (χ2v) is 7.86. The average molecular weight is 413 g/mol. The molecule has 0 amide bonds. The van der Waals surface area contributed by atoms with E-state index in [2.05, 4.69) is 45.8 Å². The first-order chi connectivity index (χ1) is 14.7. The van der Waals surface area contributed by atoms with E-state index >= 15 is 0 Å². The number of aromatic nitrogens is 3. The number of hydrogen-bond donors (Lipinski definition) is 2. The van der Waals surface area contributed by atoms with Crippen LogP contribution in [0.4, 0.5) is 0 Å². The third kappa shape index (κ3) is 4.86. The van der Waals surface area contributed by atoms with Gasteiger partial charge in [0.15, 0.2) is 5.96 Å². The summed E-state index contributed by atoms with van der Waals surface area (Å²) in [5, 5.41) is 11.2. The van der Waals surface area contributed by atoms with Crippen molar-refractivity contribution in [3.05, 3.63) is 45.6 Å². The molecule has 1 aromatic heterocycles. The standard InChI is InChI=1S/C22H32N6O2/c1-2-23-21(25-12-9-17-7-8-19-18(16-17)10-15-30-19)24-11-5-14-28-22(29)27-13-4-3-6-20(27)26-28/h7-8,16H,2-6,9-15H2,1H3,(H2,23,24,25). The van der Waals surface area contributed by atoms with E-state index in [1.807, 2.05) is 4.57 Å². The molecule has 162 valence electrons. The highest BCUT2D eigenvalue weighted by Gasteiger charge is 2.16. The maximum atomic E-state index is 12.4. The Kier molecular flexibility index (Phi) is 6.71. The molecule has 8 heteroatoms. The quantitative estimate of drug-likeness (QED) is 0.390. The summed E-state index contributed by atoms with van der Waals surface area (Å²) in [6.45, 7) is 6.56. The van der Waals surface area contributed by atoms with Crippen LogP contribution >= 0.6 is 0 Å². The molecule has 2 N–H and O–H groups in total. The Bertz CT molecular complexity index is 946. The number of hydrogen-bond acceptors (Lipinski definition) is 4. The Labute approximate surface area is 177 Å². The van der Waals surface area contributed by atoms with Gasteiger partial charge in [0.2, 0.25) is 0 Å². The molecule has 2 aliphatic rings. The van der Waals surface area contributed by atoms with Gasteiger partial charge in [-0.2, -0.15) is 5.10 Å². The molecule has 2 aliphatic heterocycles. The maximum absolute atomic E-state index is 12.4. The van der Waals surface area contributed by atoms with E-state index in [-0.39, 0.29) is 5.69 Å². The molecule has 0 saturated heterocycles. The van der Waals surface area contributed by atoms with Gasteiger partial charge in [0.05, 0.1) is 6.61 Å². The van der Waals surface area contributed by atoms with Crippen molar-refractivity contribution in [2.75, 3.05) is 26.2 Å². The molecular weight excluding hydrogens is 380 g/mol. The zero-order valence-corrected chi connectivity index (χ0v) is 17.8. The molecule has 0 bridgehead atoms. The normalized spacial score (nSPS) is 15.4. The summed E-state index contributed by atoms with van der Waals surface area (Å²) in [7, 11) is 0. The summed E-state index contributed by atoms with van der Waals surface area (Å²) in [5.74, 6) is 2.78. The molecule has 0 atom stereocenters. The van der Waals surface area contributed by atoms with E-state index in [4.69, 9.17) is 4.74 Å². The lowest BCUT2D eigenvalue weighted by Crippen LogP contribution is -2.38. The lowest BCUT2D eigenvalue weighted by atomic mass is 10.1. The second-order valence-electron chi connectivity index (χ2n) is 7.86. The summed E-state index contributed by atoms with van der Waals surface area (Å²) in [5.41, 5.74) is 2.65. The predicted molar refractivity (Wildman–Crippen MR) is 117 cm³/mol. The molecule has 3 heterocycles. The van der Waals surface area contributed by atoms with Gasteiger partial charge in [-0.25, -0.2) is 9.48 Å². The fourth-order valence-corrected chi connectivity index (χ4v) is 4.07. The van der Waals surface area contributed by atoms with Crippen LogP contribution in [0.2, 0.25) is 0 Å². The number of nitrogens with zero attached hydrogens (tertiary/aromatic N) is 4. The van der Waals surface area contributed by atoms with Gasteiger partial charge in [-0.05, 0) is 49.8 Å². The monoisotopic (exact) mass is 412 g/mol. The Morgan fingerprint density at radius 2 is 2.20 bits per heavy atom. The highest BCUT2D eigenvalue weighted by molar-refractivity contribution is 5.79. The number of rotatable bonds is 8. The molecule has 0 saturated carbocycles. The number of benzene rings is 1. The van der Waals surface area contributed by atoms with Crippen LogP contribution < -0.4 is 21.1 Å². The second kappa shape index (κ2) is 9.82. The lowest BCUT2D eigenvalue weighted by molar-refractivity contribution is 0.357. The summed E-state index contributed by atoms with van der Waals surface area (Å²) >= 11 is 0. The molecule has 0 fully saturated rings. The largest absolute Gasteiger partial charge is 0.493 e. The topological polar surface area (TPSA) is 85.5 Å². The third-order valence-corrected chi connectivity index (χ3v) is 5.63. The third-order valence-electron chi connectivity index (χ3n) is 5.63. The summed E-state index contributed by atoms with van der Waals surface area (Å²) in [6.07, 6.45) is 5.83. The van der Waals surface area contributed by atoms with Crippen molar-refractivity contribution in [2.24, 2.45) is 4.99 Å². The van der Waals surface area contributed by atoms with E-state index in [0.717, 1.165) is 82.3 Å². The highest BCUT2D eigenvalue weighted by atomic mass is 16.5. The van der Waals surface area contributed by atoms with Crippen LogP contribution in [-0.4, -0.2) is 46.5 Å². The van der Waals surface area contributed by atoms with Crippen molar-refractivity contribution in [2.45, 2.75) is 58.5 Å². The van der Waals surface area contributed by atoms with Crippen molar-refractivity contribution in [3.63, 3.8) is 0 Å². The van der Waals surface area contributed by atoms with Crippen molar-refractivity contribution in [1.29, 1.82) is 0 Å². The van der Waals surface area contributed by atoms with Gasteiger partial charge in [0.25, 0.3) is 0 Å². The van der Waals surface area contributed by atoms with Crippen LogP contribution in [0.3, 0.4) is 0 Å². The molecule has 1 aromatic carbocycles. The Morgan fingerprint density at radius 3 is 3.07 bits per heavy atom. The summed E-state index contributed by atoms with van der Waals surface area (Å²) < 4.78 is 9.00. The Hall–Kier alpha value is -2.77. The maximum Gasteiger partial charge on any atom is 0.345 e. The zero-order valence-electron chi connectivity index (χ0n) is 17.8. The van der Waals surface area contributed by atoms with Crippen molar-refractivity contribution < 1.29 is 4.74 Å². The van der Waals surface area contributed by atoms with Gasteiger partial charge in [0, 0.05) is 45.6 Å². The van der Waals surface area contributed by atoms with Gasteiger partial charge >= 0.3 is 5.69 Å². The smallest absolute Gasteiger partial charge is 0.345 e. The van der Waals surface area contributed by atoms with Crippen LogP contribution in [0.1, 0.15) is 43.1 Å². The average Bonchev–Trinajstić information content (AvgIpc) is 3.35. The summed E-state index contributed by atoms with van der Waals surface area (Å²) in [6, 6.07) is 6.46. The number of aryl methyl sites for hydroxylation is 2. The Balaban J connectivity index is 1.24. The van der Waals surface area contributed by atoms with Crippen molar-refractivity contribution in [1.82, 2.24) is 25.0 Å². The van der Waals surface area contributed by atoms with Gasteiger partial charge in [0.1, 0.15) is 11.6 Å². The van der Waals surface area contributed by atoms with E-state index < -0.39 is 0 Å². The van der Waals surface area contributed by atoms with E-state index in [1.54, 1.807) is 4.68 Å². The minimum absolute atomic E-state index is 0.0263. The van der Waals surface area contributed by atoms with E-state index in [1.165, 1.54) is 11.1 Å². The number of guanidine groups is 1. The minimum Gasteiger partial charge on any atom is -0.493 e. The number of ether oxygens (including phenoxy) is 1. The fraction of sp³-hybridized carbons (Fsp3) is 0.591. The van der Waals surface area contributed by atoms with Crippen LogP contribution in [0.15, 0.2) is 28.0 Å². The molecule has 30 heavy (non-hydrogen) atoms. The van der Waals surface area contributed by atoms with Crippen LogP contribution in [-0.2, 0) is 32.4 Å². The SMILES string of the molecule is CCNC(=NCCCn1nc2n(c1=O)CCCC2)NCCc1ccc2c(c1)CCO2. The van der Waals surface area contributed by atoms with Crippen molar-refractivity contribution >= 4 is 5.96 Å². The predicted octanol–water partition coefficient (Wildman–Crippen LogP) is 1.50. The van der Waals surface area contributed by atoms with E-state index in [9.17, 15) is 4.79 Å². The minimum atomic E-state index is 0.0263. The van der Waals surface area contributed by atoms with Crippen LogP contribution in [0.25, 0.3) is 0 Å². The van der Waals surface area contributed by atoms with Gasteiger partial charge in [-0.15, -0.1) is 0 Å². The summed E-state index contributed by atoms with van der Waals surface area (Å²) in [4.78, 5) is 17.0. The van der Waals surface area contributed by atoms with Gasteiger partial charge in [-0.3, -0.25) is 9.56 Å². The molecule has 0 unspecified atom stereocenters. The Morgan fingerprint density at radius 1 is 1.27 bits per heavy atom. The molecule has 0 spiro atoms. The highest BCUT2D eigenvalue weighted by Crippen LogP contribution is 2.25. The molecule has 8 nitrogen and oxygen atoms in total. The lowest BCUT2D eigenvalue weighted by Gasteiger charge is -2.11. The number of aliphatic imine (C=N–C) groups is 1. The number of nitrogens with one attached hydrogen (secondary N) is 2. The van der Waals surface area contributed by atoms with E-state index in [0.29, 0.717) is 13.1 Å². The molecule has 0 aliphatic carbocycles. The zero-order chi connectivity index (χ0) is 20.8. The fourth-order valence-electron chi connectivity index (χ4n) is 4.07. The number of fused-ring (bicyclic) bond motifs is 2. The first-order valence-electron chi connectivity index (χ1n) is 11.2. The van der Waals surface area contributed by atoms with Gasteiger partial charge < -0.3 is 15.4 Å². The first-order valence-corrected chi connectivity index (χ1v) is 11.2. The molecule has 4 rings (SSSR count). The molecule has 0 radical (unpaired) electrons. The molecular formula is C22H32N6O2. The van der Waals surface area contributed by atoms with Crippen LogP contribution in [0, 0.1) is 0 Å². The van der Waals surface area contributed by atoms with Crippen LogP contribution in [0.5, 0.6) is 5.75 Å². The first kappa shape index (κ1) is 20.5. The molecule has 2 aromatic rings.